The van der Waals surface area contributed by atoms with Crippen LogP contribution in [-0.4, -0.2) is 30.4 Å². The molecule has 0 aromatic heterocycles. The van der Waals surface area contributed by atoms with Crippen LogP contribution in [0.5, 0.6) is 0 Å². The number of piperidine rings is 1. The molecule has 1 aliphatic heterocycles. The number of hydrogen-bond donors (Lipinski definition) is 1. The lowest BCUT2D eigenvalue weighted by atomic mass is 9.88. The van der Waals surface area contributed by atoms with Gasteiger partial charge in [-0.2, -0.15) is 0 Å². The Morgan fingerprint density at radius 3 is 2.36 bits per heavy atom. The van der Waals surface area contributed by atoms with Crippen LogP contribution in [0.15, 0.2) is 18.2 Å². The third-order valence-corrected chi connectivity index (χ3v) is 6.10. The van der Waals surface area contributed by atoms with Gasteiger partial charge in [0.2, 0.25) is 5.91 Å². The third kappa shape index (κ3) is 4.90. The summed E-state index contributed by atoms with van der Waals surface area (Å²) in [6, 6.07) is 5.16. The smallest absolute Gasteiger partial charge is 0.228 e. The second-order valence-electron chi connectivity index (χ2n) is 8.92. The Balaban J connectivity index is 1.50. The third-order valence-electron chi connectivity index (χ3n) is 5.67. The van der Waals surface area contributed by atoms with E-state index >= 15 is 0 Å². The number of rotatable bonds is 4. The van der Waals surface area contributed by atoms with E-state index in [2.05, 4.69) is 31.0 Å². The van der Waals surface area contributed by atoms with Crippen LogP contribution in [-0.2, 0) is 4.79 Å². The molecule has 2 fully saturated rings. The zero-order chi connectivity index (χ0) is 18.2. The molecule has 1 N–H and O–H groups in total. The number of likely N-dealkylation sites (tertiary alicyclic amines) is 1. The number of nitrogens with one attached hydrogen (secondary N) is 1. The molecule has 1 atom stereocenters. The average molecular weight is 383 g/mol. The van der Waals surface area contributed by atoms with Crippen molar-refractivity contribution in [1.29, 1.82) is 0 Å². The van der Waals surface area contributed by atoms with E-state index in [1.807, 2.05) is 0 Å². The molecule has 1 aliphatic carbocycles. The fourth-order valence-electron chi connectivity index (χ4n) is 3.84. The van der Waals surface area contributed by atoms with Crippen LogP contribution in [0.25, 0.3) is 0 Å². The van der Waals surface area contributed by atoms with Gasteiger partial charge < -0.3 is 10.2 Å². The number of halogens is 2. The number of hydrogen-bond acceptors (Lipinski definition) is 2. The van der Waals surface area contributed by atoms with Crippen molar-refractivity contribution < 1.29 is 4.79 Å². The predicted molar refractivity (Wildman–Crippen MR) is 105 cm³/mol. The molecule has 138 valence electrons. The van der Waals surface area contributed by atoms with Gasteiger partial charge in [0.15, 0.2) is 0 Å². The summed E-state index contributed by atoms with van der Waals surface area (Å²) < 4.78 is 0. The second kappa shape index (κ2) is 7.09. The zero-order valence-electron chi connectivity index (χ0n) is 15.4. The van der Waals surface area contributed by atoms with Gasteiger partial charge in [0, 0.05) is 21.7 Å². The molecule has 3 rings (SSSR count). The van der Waals surface area contributed by atoms with Gasteiger partial charge >= 0.3 is 0 Å². The minimum atomic E-state index is 0.112. The van der Waals surface area contributed by atoms with E-state index in [0.29, 0.717) is 21.1 Å². The molecule has 0 radical (unpaired) electrons. The molecule has 1 aromatic rings. The molecule has 1 heterocycles. The summed E-state index contributed by atoms with van der Waals surface area (Å²) in [5.41, 5.74) is 1.30. The topological polar surface area (TPSA) is 32.3 Å². The fourth-order valence-corrected chi connectivity index (χ4v) is 4.37. The van der Waals surface area contributed by atoms with Crippen molar-refractivity contribution in [2.24, 2.45) is 16.7 Å². The van der Waals surface area contributed by atoms with Gasteiger partial charge in [0.05, 0.1) is 0 Å². The molecule has 25 heavy (non-hydrogen) atoms. The van der Waals surface area contributed by atoms with E-state index in [9.17, 15) is 4.79 Å². The Hall–Kier alpha value is -0.770. The van der Waals surface area contributed by atoms with Gasteiger partial charge in [-0.1, -0.05) is 44.0 Å². The molecule has 0 bridgehead atoms. The molecule has 1 spiro atoms. The number of carbonyl (C=O) groups is 1. The maximum absolute atomic E-state index is 12.6. The molecule has 5 heteroatoms. The fraction of sp³-hybridized carbons (Fsp3) is 0.650. The molecule has 2 aliphatic rings. The zero-order valence-corrected chi connectivity index (χ0v) is 16.9. The molecular formula is C20H28Cl2N2O. The lowest BCUT2D eigenvalue weighted by Gasteiger charge is -2.34. The maximum atomic E-state index is 12.6. The Labute approximate surface area is 161 Å². The van der Waals surface area contributed by atoms with E-state index in [-0.39, 0.29) is 17.2 Å². The highest BCUT2D eigenvalue weighted by Gasteiger charge is 2.58. The van der Waals surface area contributed by atoms with Crippen LogP contribution in [0.2, 0.25) is 10.0 Å². The normalized spacial score (nSPS) is 22.8. The number of anilines is 1. The van der Waals surface area contributed by atoms with Crippen LogP contribution in [0.4, 0.5) is 5.69 Å². The predicted octanol–water partition coefficient (Wildman–Crippen LogP) is 5.47. The van der Waals surface area contributed by atoms with E-state index < -0.39 is 0 Å². The van der Waals surface area contributed by atoms with Gasteiger partial charge in [-0.15, -0.1) is 0 Å². The van der Waals surface area contributed by atoms with Crippen molar-refractivity contribution >= 4 is 34.8 Å². The first kappa shape index (κ1) is 19.0. The number of benzene rings is 1. The molecule has 1 aromatic carbocycles. The molecule has 3 nitrogen and oxygen atoms in total. The summed E-state index contributed by atoms with van der Waals surface area (Å²) in [5.74, 6) is 0.247. The van der Waals surface area contributed by atoms with E-state index in [1.165, 1.54) is 6.42 Å². The molecule has 1 unspecified atom stereocenters. The molecule has 1 saturated carbocycles. The number of carbonyl (C=O) groups excluding carboxylic acids is 1. The monoisotopic (exact) mass is 382 g/mol. The summed E-state index contributed by atoms with van der Waals surface area (Å²) in [5, 5.41) is 4.08. The second-order valence-corrected chi connectivity index (χ2v) is 9.79. The van der Waals surface area contributed by atoms with Gasteiger partial charge in [0.1, 0.15) is 0 Å². The first-order valence-corrected chi connectivity index (χ1v) is 9.92. The minimum Gasteiger partial charge on any atom is -0.326 e. The number of nitrogens with zero attached hydrogens (tertiary/aromatic N) is 1. The van der Waals surface area contributed by atoms with E-state index in [1.54, 1.807) is 18.2 Å². The Bertz CT molecular complexity index is 625. The van der Waals surface area contributed by atoms with Crippen molar-refractivity contribution in [3.05, 3.63) is 28.2 Å². The van der Waals surface area contributed by atoms with Gasteiger partial charge in [-0.05, 0) is 74.3 Å². The van der Waals surface area contributed by atoms with Gasteiger partial charge in [-0.25, -0.2) is 0 Å². The summed E-state index contributed by atoms with van der Waals surface area (Å²) in [6.45, 7) is 10.3. The highest BCUT2D eigenvalue weighted by atomic mass is 35.5. The summed E-state index contributed by atoms with van der Waals surface area (Å²) >= 11 is 12.0. The largest absolute Gasteiger partial charge is 0.326 e. The Morgan fingerprint density at radius 1 is 1.20 bits per heavy atom. The molecular weight excluding hydrogens is 355 g/mol. The van der Waals surface area contributed by atoms with Crippen molar-refractivity contribution in [3.63, 3.8) is 0 Å². The van der Waals surface area contributed by atoms with Gasteiger partial charge in [-0.3, -0.25) is 4.79 Å². The van der Waals surface area contributed by atoms with Crippen molar-refractivity contribution in [1.82, 2.24) is 4.90 Å². The Morgan fingerprint density at radius 2 is 1.80 bits per heavy atom. The highest BCUT2D eigenvalue weighted by molar-refractivity contribution is 6.35. The summed E-state index contributed by atoms with van der Waals surface area (Å²) in [7, 11) is 0. The van der Waals surface area contributed by atoms with Crippen LogP contribution < -0.4 is 5.32 Å². The van der Waals surface area contributed by atoms with Gasteiger partial charge in [0.25, 0.3) is 0 Å². The van der Waals surface area contributed by atoms with Crippen LogP contribution in [0.3, 0.4) is 0 Å². The molecule has 1 saturated heterocycles. The maximum Gasteiger partial charge on any atom is 0.228 e. The van der Waals surface area contributed by atoms with Crippen LogP contribution >= 0.6 is 23.2 Å². The average Bonchev–Trinajstić information content (AvgIpc) is 3.19. The summed E-state index contributed by atoms with van der Waals surface area (Å²) in [4.78, 5) is 15.2. The SMILES string of the molecule is CC(C)(C)CCN1CCC2(CC1)CC2C(=O)Nc1cc(Cl)cc(Cl)c1. The first-order valence-electron chi connectivity index (χ1n) is 9.16. The van der Waals surface area contributed by atoms with Crippen LogP contribution in [0.1, 0.15) is 46.5 Å². The van der Waals surface area contributed by atoms with E-state index in [0.717, 1.165) is 38.9 Å². The molecule has 1 amide bonds. The van der Waals surface area contributed by atoms with Crippen molar-refractivity contribution in [2.45, 2.75) is 46.5 Å². The van der Waals surface area contributed by atoms with Crippen molar-refractivity contribution in [2.75, 3.05) is 25.0 Å². The minimum absolute atomic E-state index is 0.112. The van der Waals surface area contributed by atoms with E-state index in [4.69, 9.17) is 23.2 Å². The van der Waals surface area contributed by atoms with Crippen molar-refractivity contribution in [3.8, 4) is 0 Å². The van der Waals surface area contributed by atoms with Crippen LogP contribution in [0, 0.1) is 16.7 Å². The standard InChI is InChI=1S/C20H28Cl2N2O/c1-19(2,3)4-7-24-8-5-20(6-9-24)13-17(20)18(25)23-16-11-14(21)10-15(22)12-16/h10-12,17H,4-9,13H2,1-3H3,(H,23,25). The Kier molecular flexibility index (Phi) is 5.39. The lowest BCUT2D eigenvalue weighted by Crippen LogP contribution is -2.37. The summed E-state index contributed by atoms with van der Waals surface area (Å²) in [6.07, 6.45) is 4.50. The highest BCUT2D eigenvalue weighted by Crippen LogP contribution is 2.59. The first-order chi connectivity index (χ1) is 11.7. The lowest BCUT2D eigenvalue weighted by molar-refractivity contribution is -0.118. The quantitative estimate of drug-likeness (QED) is 0.748. The number of amides is 1.